The first kappa shape index (κ1) is 19.3. The number of carbonyl (C=O) groups is 1. The van der Waals surface area contributed by atoms with Crippen LogP contribution in [0.5, 0.6) is 0 Å². The number of allylic oxidation sites excluding steroid dienone is 1. The van der Waals surface area contributed by atoms with Crippen LogP contribution in [0.25, 0.3) is 38.2 Å². The summed E-state index contributed by atoms with van der Waals surface area (Å²) in [5.74, 6) is -0.728. The molecule has 1 aromatic heterocycles. The zero-order valence-electron chi connectivity index (χ0n) is 16.9. The average Bonchev–Trinajstić information content (AvgIpc) is 3.25. The van der Waals surface area contributed by atoms with Crippen LogP contribution in [0.2, 0.25) is 0 Å². The summed E-state index contributed by atoms with van der Waals surface area (Å²) in [6, 6.07) is 26.4. The van der Waals surface area contributed by atoms with E-state index in [1.54, 1.807) is 6.07 Å². The lowest BCUT2D eigenvalue weighted by Gasteiger charge is -2.11. The molecule has 0 amide bonds. The third-order valence-corrected chi connectivity index (χ3v) is 5.34. The largest absolute Gasteiger partial charge is 0.507 e. The number of hydrogen-bond donors (Lipinski definition) is 2. The number of nitrogens with one attached hydrogen (secondary N) is 1. The van der Waals surface area contributed by atoms with Gasteiger partial charge in [0.2, 0.25) is 0 Å². The van der Waals surface area contributed by atoms with Crippen molar-refractivity contribution in [3.05, 3.63) is 96.0 Å². The van der Waals surface area contributed by atoms with Crippen LogP contribution >= 0.6 is 0 Å². The number of aliphatic hydroxyl groups excluding tert-OH is 1. The third-order valence-electron chi connectivity index (χ3n) is 5.34. The number of aromatic amines is 1. The van der Waals surface area contributed by atoms with Gasteiger partial charge in [-0.05, 0) is 39.7 Å². The minimum atomic E-state index is -0.577. The van der Waals surface area contributed by atoms with E-state index in [-0.39, 0.29) is 17.2 Å². The van der Waals surface area contributed by atoms with Crippen molar-refractivity contribution >= 4 is 44.1 Å². The van der Waals surface area contributed by atoms with Crippen LogP contribution < -0.4 is 0 Å². The smallest absolute Gasteiger partial charge is 0.339 e. The molecule has 0 radical (unpaired) electrons. The molecule has 0 aliphatic rings. The summed E-state index contributed by atoms with van der Waals surface area (Å²) in [6.45, 7) is -0.448. The van der Waals surface area contributed by atoms with Crippen molar-refractivity contribution in [2.75, 3.05) is 6.61 Å². The van der Waals surface area contributed by atoms with E-state index < -0.39 is 12.6 Å². The number of para-hydroxylation sites is 2. The first-order valence-corrected chi connectivity index (χ1v) is 10.0. The number of H-pyrrole nitrogens is 1. The van der Waals surface area contributed by atoms with E-state index in [1.807, 2.05) is 78.9 Å². The van der Waals surface area contributed by atoms with Crippen LogP contribution in [0.4, 0.5) is 0 Å². The zero-order valence-corrected chi connectivity index (χ0v) is 16.9. The third kappa shape index (κ3) is 3.32. The van der Waals surface area contributed by atoms with Gasteiger partial charge in [-0.25, -0.2) is 9.78 Å². The Balaban J connectivity index is 1.50. The molecule has 0 saturated heterocycles. The fraction of sp³-hybridized carbons (Fsp3) is 0.0385. The molecule has 0 saturated carbocycles. The Hall–Kier alpha value is -4.63. The summed E-state index contributed by atoms with van der Waals surface area (Å²) in [4.78, 5) is 20.4. The number of ether oxygens (including phenoxy) is 1. The maximum atomic E-state index is 13.1. The second-order valence-corrected chi connectivity index (χ2v) is 7.31. The number of esters is 1. The number of benzene rings is 4. The highest BCUT2D eigenvalue weighted by Crippen LogP contribution is 2.29. The highest BCUT2D eigenvalue weighted by atomic mass is 16.5. The lowest BCUT2D eigenvalue weighted by molar-refractivity contribution is 0.0507. The zero-order chi connectivity index (χ0) is 22.1. The molecule has 0 bridgehead atoms. The SMILES string of the molecule is N#C/C(=C(/O)COC(=O)c1c2ccccc2cc2ccccc12)c1nc2ccccc2[nH]1. The van der Waals surface area contributed by atoms with E-state index in [0.29, 0.717) is 11.1 Å². The molecule has 4 aromatic carbocycles. The Morgan fingerprint density at radius 2 is 1.59 bits per heavy atom. The molecule has 0 atom stereocenters. The molecule has 0 unspecified atom stereocenters. The summed E-state index contributed by atoms with van der Waals surface area (Å²) in [6.07, 6.45) is 0. The molecule has 154 valence electrons. The molecule has 5 aromatic rings. The van der Waals surface area contributed by atoms with Crippen LogP contribution in [-0.4, -0.2) is 27.7 Å². The normalized spacial score (nSPS) is 12.0. The van der Waals surface area contributed by atoms with Gasteiger partial charge in [0.15, 0.2) is 11.6 Å². The van der Waals surface area contributed by atoms with Crippen LogP contribution in [0.15, 0.2) is 84.6 Å². The number of rotatable bonds is 4. The topological polar surface area (TPSA) is 99.0 Å². The van der Waals surface area contributed by atoms with Crippen LogP contribution in [0.1, 0.15) is 16.2 Å². The predicted molar refractivity (Wildman–Crippen MR) is 123 cm³/mol. The van der Waals surface area contributed by atoms with Crippen molar-refractivity contribution in [1.82, 2.24) is 9.97 Å². The molecule has 0 fully saturated rings. The summed E-state index contributed by atoms with van der Waals surface area (Å²) in [7, 11) is 0. The number of nitrogens with zero attached hydrogens (tertiary/aromatic N) is 2. The molecular formula is C26H17N3O3. The first-order valence-electron chi connectivity index (χ1n) is 10.0. The fourth-order valence-electron chi connectivity index (χ4n) is 3.84. The number of carbonyl (C=O) groups excluding carboxylic acids is 1. The number of aliphatic hydroxyl groups is 1. The highest BCUT2D eigenvalue weighted by Gasteiger charge is 2.19. The summed E-state index contributed by atoms with van der Waals surface area (Å²) < 4.78 is 5.44. The Bertz CT molecular complexity index is 1490. The Morgan fingerprint density at radius 1 is 0.969 bits per heavy atom. The van der Waals surface area contributed by atoms with Gasteiger partial charge in [0, 0.05) is 0 Å². The molecule has 0 aliphatic heterocycles. The van der Waals surface area contributed by atoms with Gasteiger partial charge in [-0.2, -0.15) is 5.26 Å². The quantitative estimate of drug-likeness (QED) is 0.173. The van der Waals surface area contributed by atoms with Gasteiger partial charge < -0.3 is 14.8 Å². The van der Waals surface area contributed by atoms with Crippen molar-refractivity contribution in [3.63, 3.8) is 0 Å². The van der Waals surface area contributed by atoms with E-state index in [0.717, 1.165) is 27.1 Å². The number of imidazole rings is 1. The second kappa shape index (κ2) is 7.89. The standard InChI is InChI=1S/C26H17N3O3/c27-14-20(25-28-21-11-5-6-12-22(21)29-25)23(30)15-32-26(31)24-18-9-3-1-7-16(18)13-17-8-2-4-10-19(17)24/h1-13,30H,15H2,(H,28,29)/b23-20-. The molecule has 2 N–H and O–H groups in total. The fourth-order valence-corrected chi connectivity index (χ4v) is 3.84. The summed E-state index contributed by atoms with van der Waals surface area (Å²) in [5, 5.41) is 23.5. The van der Waals surface area contributed by atoms with Gasteiger partial charge in [-0.1, -0.05) is 60.7 Å². The van der Waals surface area contributed by atoms with E-state index in [1.165, 1.54) is 0 Å². The predicted octanol–water partition coefficient (Wildman–Crippen LogP) is 5.52. The molecule has 5 rings (SSSR count). The highest BCUT2D eigenvalue weighted by molar-refractivity contribution is 6.16. The van der Waals surface area contributed by atoms with E-state index in [4.69, 9.17) is 4.74 Å². The van der Waals surface area contributed by atoms with Crippen LogP contribution in [-0.2, 0) is 4.74 Å². The monoisotopic (exact) mass is 419 g/mol. The molecule has 32 heavy (non-hydrogen) atoms. The number of aromatic nitrogens is 2. The maximum absolute atomic E-state index is 13.1. The van der Waals surface area contributed by atoms with Crippen LogP contribution in [0, 0.1) is 11.3 Å². The van der Waals surface area contributed by atoms with Crippen molar-refractivity contribution in [3.8, 4) is 6.07 Å². The molecule has 0 aliphatic carbocycles. The Kier molecular flexibility index (Phi) is 4.77. The lowest BCUT2D eigenvalue weighted by Crippen LogP contribution is -2.10. The van der Waals surface area contributed by atoms with Gasteiger partial charge >= 0.3 is 5.97 Å². The van der Waals surface area contributed by atoms with E-state index in [9.17, 15) is 15.2 Å². The molecule has 6 nitrogen and oxygen atoms in total. The van der Waals surface area contributed by atoms with Crippen molar-refractivity contribution in [2.24, 2.45) is 0 Å². The molecule has 1 heterocycles. The van der Waals surface area contributed by atoms with Gasteiger partial charge in [0.1, 0.15) is 18.2 Å². The molecule has 6 heteroatoms. The first-order chi connectivity index (χ1) is 15.7. The molecular weight excluding hydrogens is 402 g/mol. The average molecular weight is 419 g/mol. The van der Waals surface area contributed by atoms with Gasteiger partial charge in [-0.15, -0.1) is 0 Å². The minimum Gasteiger partial charge on any atom is -0.507 e. The number of hydrogen-bond acceptors (Lipinski definition) is 5. The second-order valence-electron chi connectivity index (χ2n) is 7.31. The molecule has 0 spiro atoms. The summed E-state index contributed by atoms with van der Waals surface area (Å²) >= 11 is 0. The van der Waals surface area contributed by atoms with Gasteiger partial charge in [0.25, 0.3) is 0 Å². The minimum absolute atomic E-state index is 0.0724. The Labute approximate surface area is 183 Å². The summed E-state index contributed by atoms with van der Waals surface area (Å²) in [5.41, 5.74) is 1.76. The van der Waals surface area contributed by atoms with Gasteiger partial charge in [0.05, 0.1) is 16.6 Å². The van der Waals surface area contributed by atoms with Gasteiger partial charge in [-0.3, -0.25) is 0 Å². The number of fused-ring (bicyclic) bond motifs is 3. The Morgan fingerprint density at radius 3 is 2.25 bits per heavy atom. The van der Waals surface area contributed by atoms with E-state index >= 15 is 0 Å². The number of nitriles is 1. The van der Waals surface area contributed by atoms with E-state index in [2.05, 4.69) is 9.97 Å². The van der Waals surface area contributed by atoms with Crippen molar-refractivity contribution in [2.45, 2.75) is 0 Å². The van der Waals surface area contributed by atoms with Crippen LogP contribution in [0.3, 0.4) is 0 Å². The van der Waals surface area contributed by atoms with Crippen molar-refractivity contribution < 1.29 is 14.6 Å². The maximum Gasteiger partial charge on any atom is 0.339 e. The van der Waals surface area contributed by atoms with Crippen molar-refractivity contribution in [1.29, 1.82) is 5.26 Å². The lowest BCUT2D eigenvalue weighted by atomic mass is 9.97.